The zero-order valence-corrected chi connectivity index (χ0v) is 9.97. The highest BCUT2D eigenvalue weighted by molar-refractivity contribution is 5.83. The average molecular weight is 272 g/mol. The molecule has 1 aliphatic rings. The second-order valence-electron chi connectivity index (χ2n) is 4.02. The minimum absolute atomic E-state index is 0.197. The van der Waals surface area contributed by atoms with E-state index in [1.54, 1.807) is 5.32 Å². The average Bonchev–Trinajstić information content (AvgIpc) is 2.35. The first kappa shape index (κ1) is 15.2. The summed E-state index contributed by atoms with van der Waals surface area (Å²) in [6.45, 7) is 4.16. The summed E-state index contributed by atoms with van der Waals surface area (Å²) >= 11 is 0. The van der Waals surface area contributed by atoms with Crippen molar-refractivity contribution in [3.63, 3.8) is 0 Å². The van der Waals surface area contributed by atoms with Crippen molar-refractivity contribution in [2.24, 2.45) is 0 Å². The predicted octanol–water partition coefficient (Wildman–Crippen LogP) is 0.724. The Morgan fingerprint density at radius 2 is 2.22 bits per heavy atom. The Bertz CT molecular complexity index is 289. The quantitative estimate of drug-likeness (QED) is 0.750. The van der Waals surface area contributed by atoms with Gasteiger partial charge in [0, 0.05) is 19.6 Å². The van der Waals surface area contributed by atoms with Crippen molar-refractivity contribution in [2.75, 3.05) is 32.8 Å². The molecule has 1 atom stereocenters. The molecule has 18 heavy (non-hydrogen) atoms. The van der Waals surface area contributed by atoms with Gasteiger partial charge in [0.15, 0.2) is 0 Å². The molecule has 4 nitrogen and oxygen atoms in total. The lowest BCUT2D eigenvalue weighted by atomic mass is 10.2. The van der Waals surface area contributed by atoms with Gasteiger partial charge in [0.1, 0.15) is 0 Å². The Morgan fingerprint density at radius 1 is 1.56 bits per heavy atom. The van der Waals surface area contributed by atoms with E-state index in [9.17, 15) is 22.4 Å². The van der Waals surface area contributed by atoms with Crippen LogP contribution in [0.4, 0.5) is 17.6 Å². The van der Waals surface area contributed by atoms with Crippen molar-refractivity contribution < 1.29 is 27.1 Å². The van der Waals surface area contributed by atoms with E-state index in [1.165, 1.54) is 0 Å². The minimum atomic E-state index is -4.65. The molecule has 1 heterocycles. The van der Waals surface area contributed by atoms with E-state index in [1.807, 2.05) is 11.8 Å². The lowest BCUT2D eigenvalue weighted by Crippen LogP contribution is -2.51. The zero-order valence-electron chi connectivity index (χ0n) is 9.97. The molecule has 0 radical (unpaired) electrons. The topological polar surface area (TPSA) is 41.6 Å². The molecule has 8 heteroatoms. The number of morpholine rings is 1. The third-order valence-corrected chi connectivity index (χ3v) is 2.74. The van der Waals surface area contributed by atoms with Crippen molar-refractivity contribution in [3.8, 4) is 0 Å². The molecule has 0 saturated carbocycles. The van der Waals surface area contributed by atoms with E-state index in [0.717, 1.165) is 13.1 Å². The molecule has 1 amide bonds. The van der Waals surface area contributed by atoms with Gasteiger partial charge in [-0.05, 0) is 6.54 Å². The highest BCUT2D eigenvalue weighted by Gasteiger charge is 2.48. The lowest BCUT2D eigenvalue weighted by Gasteiger charge is -2.32. The second kappa shape index (κ2) is 6.33. The van der Waals surface area contributed by atoms with Crippen LogP contribution >= 0.6 is 0 Å². The van der Waals surface area contributed by atoms with Crippen LogP contribution in [0.25, 0.3) is 0 Å². The monoisotopic (exact) mass is 272 g/mol. The lowest BCUT2D eigenvalue weighted by molar-refractivity contribution is -0.170. The number of carbonyl (C=O) groups is 1. The van der Waals surface area contributed by atoms with Crippen LogP contribution in [-0.4, -0.2) is 62.0 Å². The standard InChI is InChI=1S/C10H16F4N2O2/c1-2-16-3-4-18-7(6-16)5-15-9(17)10(13,14)8(11)12/h7-8H,2-6H2,1H3,(H,15,17). The molecular weight excluding hydrogens is 256 g/mol. The number of nitrogens with zero attached hydrogens (tertiary/aromatic N) is 1. The van der Waals surface area contributed by atoms with Crippen LogP contribution in [0.15, 0.2) is 0 Å². The number of hydrogen-bond donors (Lipinski definition) is 1. The molecule has 106 valence electrons. The Labute approximate surface area is 102 Å². The van der Waals surface area contributed by atoms with Crippen molar-refractivity contribution in [2.45, 2.75) is 25.4 Å². The number of alkyl halides is 4. The summed E-state index contributed by atoms with van der Waals surface area (Å²) in [4.78, 5) is 12.9. The Hall–Kier alpha value is -0.890. The molecule has 0 aromatic heterocycles. The van der Waals surface area contributed by atoms with Crippen molar-refractivity contribution in [3.05, 3.63) is 0 Å². The summed E-state index contributed by atoms with van der Waals surface area (Å²) in [6.07, 6.45) is -4.45. The van der Waals surface area contributed by atoms with Crippen LogP contribution in [0.5, 0.6) is 0 Å². The number of ether oxygens (including phenoxy) is 1. The molecule has 1 N–H and O–H groups in total. The van der Waals surface area contributed by atoms with Crippen molar-refractivity contribution in [1.82, 2.24) is 10.2 Å². The fraction of sp³-hybridized carbons (Fsp3) is 0.900. The van der Waals surface area contributed by atoms with Crippen molar-refractivity contribution >= 4 is 5.91 Å². The summed E-state index contributed by atoms with van der Waals surface area (Å²) in [5.41, 5.74) is 0. The molecular formula is C10H16F4N2O2. The van der Waals surface area contributed by atoms with Gasteiger partial charge in [0.2, 0.25) is 0 Å². The Morgan fingerprint density at radius 3 is 2.78 bits per heavy atom. The summed E-state index contributed by atoms with van der Waals surface area (Å²) in [5, 5.41) is 1.80. The molecule has 0 bridgehead atoms. The highest BCUT2D eigenvalue weighted by atomic mass is 19.3. The van der Waals surface area contributed by atoms with Gasteiger partial charge in [0.25, 0.3) is 5.91 Å². The maximum Gasteiger partial charge on any atom is 0.383 e. The fourth-order valence-electron chi connectivity index (χ4n) is 1.61. The summed E-state index contributed by atoms with van der Waals surface area (Å²) in [5.74, 6) is -6.62. The van der Waals surface area contributed by atoms with Crippen LogP contribution in [0.3, 0.4) is 0 Å². The first-order chi connectivity index (χ1) is 8.37. The summed E-state index contributed by atoms with van der Waals surface area (Å²) < 4.78 is 54.3. The number of amides is 1. The van der Waals surface area contributed by atoms with Crippen molar-refractivity contribution in [1.29, 1.82) is 0 Å². The zero-order chi connectivity index (χ0) is 13.8. The van der Waals surface area contributed by atoms with Crippen LogP contribution in [0, 0.1) is 0 Å². The molecule has 1 saturated heterocycles. The van der Waals surface area contributed by atoms with Crippen LogP contribution in [-0.2, 0) is 9.53 Å². The molecule has 1 rings (SSSR count). The Balaban J connectivity index is 2.38. The molecule has 0 aliphatic carbocycles. The fourth-order valence-corrected chi connectivity index (χ4v) is 1.61. The molecule has 0 spiro atoms. The van der Waals surface area contributed by atoms with Gasteiger partial charge in [-0.1, -0.05) is 6.92 Å². The second-order valence-corrected chi connectivity index (χ2v) is 4.02. The van der Waals surface area contributed by atoms with Gasteiger partial charge in [-0.25, -0.2) is 8.78 Å². The number of hydrogen-bond acceptors (Lipinski definition) is 3. The molecule has 1 unspecified atom stereocenters. The van der Waals surface area contributed by atoms with E-state index >= 15 is 0 Å². The molecule has 1 aliphatic heterocycles. The van der Waals surface area contributed by atoms with Gasteiger partial charge < -0.3 is 10.1 Å². The first-order valence-electron chi connectivity index (χ1n) is 5.66. The SMILES string of the molecule is CCN1CCOC(CNC(=O)C(F)(F)C(F)F)C1. The number of halogens is 4. The third-order valence-electron chi connectivity index (χ3n) is 2.74. The maximum atomic E-state index is 12.6. The smallest absolute Gasteiger partial charge is 0.374 e. The van der Waals surface area contributed by atoms with Gasteiger partial charge in [-0.15, -0.1) is 0 Å². The number of nitrogens with one attached hydrogen (secondary N) is 1. The first-order valence-corrected chi connectivity index (χ1v) is 5.66. The van der Waals surface area contributed by atoms with E-state index in [2.05, 4.69) is 0 Å². The Kier molecular flexibility index (Phi) is 5.33. The summed E-state index contributed by atoms with van der Waals surface area (Å²) in [7, 11) is 0. The van der Waals surface area contributed by atoms with E-state index in [-0.39, 0.29) is 6.54 Å². The molecule has 1 fully saturated rings. The van der Waals surface area contributed by atoms with Gasteiger partial charge >= 0.3 is 12.3 Å². The third kappa shape index (κ3) is 3.81. The summed E-state index contributed by atoms with van der Waals surface area (Å²) in [6, 6.07) is 0. The largest absolute Gasteiger partial charge is 0.383 e. The maximum absolute atomic E-state index is 12.6. The van der Waals surface area contributed by atoms with Gasteiger partial charge in [-0.2, -0.15) is 8.78 Å². The van der Waals surface area contributed by atoms with Gasteiger partial charge in [0.05, 0.1) is 12.7 Å². The van der Waals surface area contributed by atoms with Gasteiger partial charge in [-0.3, -0.25) is 9.69 Å². The van der Waals surface area contributed by atoms with Crippen LogP contribution in [0.2, 0.25) is 0 Å². The number of rotatable bonds is 5. The van der Waals surface area contributed by atoms with E-state index in [4.69, 9.17) is 4.74 Å². The van der Waals surface area contributed by atoms with Crippen LogP contribution in [0.1, 0.15) is 6.92 Å². The minimum Gasteiger partial charge on any atom is -0.374 e. The molecule has 0 aromatic rings. The predicted molar refractivity (Wildman–Crippen MR) is 55.8 cm³/mol. The molecule has 0 aromatic carbocycles. The normalized spacial score (nSPS) is 22.2. The van der Waals surface area contributed by atoms with Crippen LogP contribution < -0.4 is 5.32 Å². The van der Waals surface area contributed by atoms with E-state index < -0.39 is 24.4 Å². The highest BCUT2D eigenvalue weighted by Crippen LogP contribution is 2.22. The number of likely N-dealkylation sites (N-methyl/N-ethyl adjacent to an activating group) is 1. The number of carbonyl (C=O) groups excluding carboxylic acids is 1. The van der Waals surface area contributed by atoms with E-state index in [0.29, 0.717) is 13.2 Å².